The Morgan fingerprint density at radius 3 is 2.33 bits per heavy atom. The molecule has 208 valence electrons. The van der Waals surface area contributed by atoms with Crippen LogP contribution in [0.4, 0.5) is 18.9 Å². The number of nitrogens with zero attached hydrogens (tertiary/aromatic N) is 1. The summed E-state index contributed by atoms with van der Waals surface area (Å²) in [6.07, 6.45) is -1.64. The van der Waals surface area contributed by atoms with E-state index in [-0.39, 0.29) is 17.7 Å². The van der Waals surface area contributed by atoms with Gasteiger partial charge in [-0.25, -0.2) is 4.79 Å². The number of carbonyl (C=O) groups excluding carboxylic acids is 2. The number of piperidine rings is 1. The standard InChI is InChI=1S/C30H28F3N3O4/c31-30(32,33)29(38)40-27-24-17-23(39-19-21-7-3-1-4-8-21)13-14-25(24)35-26(27)28(37)34-22-11-9-20(10-12-22)18-36-15-5-2-6-16-36/h1,3-4,7-14,17,35H,2,5-6,15-16,18-19H2,(H,34,37). The number of hydrogen-bond acceptors (Lipinski definition) is 5. The van der Waals surface area contributed by atoms with Crippen molar-refractivity contribution in [1.29, 1.82) is 0 Å². The van der Waals surface area contributed by atoms with E-state index in [0.29, 0.717) is 17.0 Å². The Labute approximate surface area is 228 Å². The van der Waals surface area contributed by atoms with Crippen LogP contribution in [0, 0.1) is 0 Å². The van der Waals surface area contributed by atoms with E-state index in [9.17, 15) is 22.8 Å². The van der Waals surface area contributed by atoms with E-state index in [1.807, 2.05) is 42.5 Å². The van der Waals surface area contributed by atoms with E-state index in [0.717, 1.165) is 30.8 Å². The number of benzene rings is 3. The highest BCUT2D eigenvalue weighted by Crippen LogP contribution is 2.35. The molecule has 1 amide bonds. The van der Waals surface area contributed by atoms with Gasteiger partial charge >= 0.3 is 12.1 Å². The number of aromatic amines is 1. The summed E-state index contributed by atoms with van der Waals surface area (Å²) in [7, 11) is 0. The first-order chi connectivity index (χ1) is 19.3. The van der Waals surface area contributed by atoms with Crippen LogP contribution in [-0.2, 0) is 17.9 Å². The summed E-state index contributed by atoms with van der Waals surface area (Å²) in [5, 5.41) is 2.78. The summed E-state index contributed by atoms with van der Waals surface area (Å²) in [6, 6.07) is 21.2. The van der Waals surface area contributed by atoms with Crippen LogP contribution in [0.5, 0.6) is 11.5 Å². The molecule has 2 N–H and O–H groups in total. The van der Waals surface area contributed by atoms with Gasteiger partial charge < -0.3 is 19.8 Å². The first-order valence-corrected chi connectivity index (χ1v) is 13.0. The first-order valence-electron chi connectivity index (χ1n) is 13.0. The van der Waals surface area contributed by atoms with Gasteiger partial charge in [0.05, 0.1) is 5.52 Å². The Morgan fingerprint density at radius 2 is 1.62 bits per heavy atom. The van der Waals surface area contributed by atoms with Crippen LogP contribution >= 0.6 is 0 Å². The number of anilines is 1. The number of rotatable bonds is 8. The Hall–Kier alpha value is -4.31. The number of fused-ring (bicyclic) bond motifs is 1. The number of carbonyl (C=O) groups is 2. The maximum atomic E-state index is 13.2. The van der Waals surface area contributed by atoms with E-state index in [4.69, 9.17) is 9.47 Å². The zero-order chi connectivity index (χ0) is 28.1. The van der Waals surface area contributed by atoms with Gasteiger partial charge in [-0.1, -0.05) is 48.9 Å². The lowest BCUT2D eigenvalue weighted by Gasteiger charge is -2.26. The smallest absolute Gasteiger partial charge is 0.489 e. The molecule has 0 atom stereocenters. The number of alkyl halides is 3. The lowest BCUT2D eigenvalue weighted by Crippen LogP contribution is -2.29. The van der Waals surface area contributed by atoms with Crippen LogP contribution in [0.3, 0.4) is 0 Å². The zero-order valence-electron chi connectivity index (χ0n) is 21.6. The highest BCUT2D eigenvalue weighted by atomic mass is 19.4. The van der Waals surface area contributed by atoms with Gasteiger partial charge in [-0.3, -0.25) is 9.69 Å². The quantitative estimate of drug-likeness (QED) is 0.246. The molecule has 0 saturated carbocycles. The van der Waals surface area contributed by atoms with Gasteiger partial charge in [0.2, 0.25) is 0 Å². The number of aromatic nitrogens is 1. The molecule has 0 radical (unpaired) electrons. The van der Waals surface area contributed by atoms with E-state index >= 15 is 0 Å². The van der Waals surface area contributed by atoms with Gasteiger partial charge in [-0.15, -0.1) is 0 Å². The molecule has 1 aliphatic rings. The molecule has 3 aromatic carbocycles. The molecule has 0 bridgehead atoms. The van der Waals surface area contributed by atoms with Gasteiger partial charge in [0.15, 0.2) is 5.75 Å². The van der Waals surface area contributed by atoms with Crippen molar-refractivity contribution in [3.8, 4) is 11.5 Å². The van der Waals surface area contributed by atoms with Crippen LogP contribution in [0.15, 0.2) is 72.8 Å². The van der Waals surface area contributed by atoms with Gasteiger partial charge in [0.1, 0.15) is 18.1 Å². The Bertz CT molecular complexity index is 1480. The van der Waals surface area contributed by atoms with Crippen molar-refractivity contribution in [2.75, 3.05) is 18.4 Å². The second-order valence-electron chi connectivity index (χ2n) is 9.69. The topological polar surface area (TPSA) is 83.7 Å². The molecule has 0 spiro atoms. The number of halogens is 3. The summed E-state index contributed by atoms with van der Waals surface area (Å²) in [5.41, 5.74) is 2.42. The van der Waals surface area contributed by atoms with Crippen LogP contribution in [0.1, 0.15) is 40.9 Å². The van der Waals surface area contributed by atoms with E-state index in [1.165, 1.54) is 25.3 Å². The van der Waals surface area contributed by atoms with Crippen LogP contribution < -0.4 is 14.8 Å². The third kappa shape index (κ3) is 6.63. The number of hydrogen-bond donors (Lipinski definition) is 2. The predicted molar refractivity (Wildman–Crippen MR) is 144 cm³/mol. The minimum atomic E-state index is -5.25. The summed E-state index contributed by atoms with van der Waals surface area (Å²) in [6.45, 7) is 3.13. The molecule has 5 rings (SSSR count). The number of likely N-dealkylation sites (tertiary alicyclic amines) is 1. The molecule has 0 aliphatic carbocycles. The molecule has 1 aliphatic heterocycles. The summed E-state index contributed by atoms with van der Waals surface area (Å²) in [5.74, 6) is -3.38. The highest BCUT2D eigenvalue weighted by molar-refractivity contribution is 6.10. The third-order valence-electron chi connectivity index (χ3n) is 6.69. The van der Waals surface area contributed by atoms with E-state index in [2.05, 4.69) is 15.2 Å². The molecule has 1 aromatic heterocycles. The number of esters is 1. The second kappa shape index (κ2) is 11.8. The molecule has 10 heteroatoms. The molecule has 0 unspecified atom stereocenters. The number of amides is 1. The molecule has 1 saturated heterocycles. The Kier molecular flexibility index (Phi) is 8.06. The fourth-order valence-corrected chi connectivity index (χ4v) is 4.66. The summed E-state index contributed by atoms with van der Waals surface area (Å²) < 4.78 is 49.8. The summed E-state index contributed by atoms with van der Waals surface area (Å²) >= 11 is 0. The molecule has 1 fully saturated rings. The van der Waals surface area contributed by atoms with Gasteiger partial charge in [0.25, 0.3) is 5.91 Å². The fraction of sp³-hybridized carbons (Fsp3) is 0.267. The summed E-state index contributed by atoms with van der Waals surface area (Å²) in [4.78, 5) is 30.1. The van der Waals surface area contributed by atoms with Crippen molar-refractivity contribution in [3.05, 3.63) is 89.6 Å². The van der Waals surface area contributed by atoms with Crippen LogP contribution in [0.25, 0.3) is 10.9 Å². The normalized spacial score (nSPS) is 14.2. The predicted octanol–water partition coefficient (Wildman–Crippen LogP) is 6.45. The number of H-pyrrole nitrogens is 1. The largest absolute Gasteiger partial charge is 0.491 e. The Morgan fingerprint density at radius 1 is 0.900 bits per heavy atom. The van der Waals surface area contributed by atoms with E-state index < -0.39 is 23.8 Å². The number of ether oxygens (including phenoxy) is 2. The second-order valence-corrected chi connectivity index (χ2v) is 9.69. The van der Waals surface area contributed by atoms with Gasteiger partial charge in [-0.05, 0) is 67.4 Å². The first kappa shape index (κ1) is 27.3. The minimum Gasteiger partial charge on any atom is -0.489 e. The van der Waals surface area contributed by atoms with Gasteiger partial charge in [-0.2, -0.15) is 13.2 Å². The van der Waals surface area contributed by atoms with Crippen LogP contribution in [0.2, 0.25) is 0 Å². The van der Waals surface area contributed by atoms with Crippen molar-refractivity contribution in [1.82, 2.24) is 9.88 Å². The monoisotopic (exact) mass is 551 g/mol. The fourth-order valence-electron chi connectivity index (χ4n) is 4.66. The average molecular weight is 552 g/mol. The average Bonchev–Trinajstić information content (AvgIpc) is 3.31. The SMILES string of the molecule is O=C(Nc1ccc(CN2CCCCC2)cc1)c1[nH]c2ccc(OCc3ccccc3)cc2c1OC(=O)C(F)(F)F. The van der Waals surface area contributed by atoms with Gasteiger partial charge in [0, 0.05) is 17.6 Å². The minimum absolute atomic E-state index is 0.102. The van der Waals surface area contributed by atoms with Crippen molar-refractivity contribution in [2.24, 2.45) is 0 Å². The van der Waals surface area contributed by atoms with Crippen LogP contribution in [-0.4, -0.2) is 41.0 Å². The molecule has 40 heavy (non-hydrogen) atoms. The van der Waals surface area contributed by atoms with E-state index in [1.54, 1.807) is 24.3 Å². The van der Waals surface area contributed by atoms with Crippen molar-refractivity contribution < 1.29 is 32.2 Å². The molecule has 2 heterocycles. The maximum absolute atomic E-state index is 13.2. The molecular formula is C30H28F3N3O4. The van der Waals surface area contributed by atoms with Crippen molar-refractivity contribution >= 4 is 28.5 Å². The maximum Gasteiger partial charge on any atom is 0.491 e. The van der Waals surface area contributed by atoms with Crippen molar-refractivity contribution in [3.63, 3.8) is 0 Å². The highest BCUT2D eigenvalue weighted by Gasteiger charge is 2.42. The number of nitrogens with one attached hydrogen (secondary N) is 2. The molecular weight excluding hydrogens is 523 g/mol. The lowest BCUT2D eigenvalue weighted by molar-refractivity contribution is -0.189. The Balaban J connectivity index is 1.37. The third-order valence-corrected chi connectivity index (χ3v) is 6.69. The molecule has 7 nitrogen and oxygen atoms in total. The lowest BCUT2D eigenvalue weighted by atomic mass is 10.1. The molecule has 4 aromatic rings. The van der Waals surface area contributed by atoms with Crippen molar-refractivity contribution in [2.45, 2.75) is 38.6 Å². The zero-order valence-corrected chi connectivity index (χ0v) is 21.6.